The van der Waals surface area contributed by atoms with Crippen molar-refractivity contribution < 1.29 is 4.74 Å². The molecular formula is C16H32O. The van der Waals surface area contributed by atoms with Gasteiger partial charge < -0.3 is 4.74 Å². The van der Waals surface area contributed by atoms with Crippen molar-refractivity contribution in [3.8, 4) is 0 Å². The Balaban J connectivity index is 3.28. The highest BCUT2D eigenvalue weighted by Crippen LogP contribution is 2.24. The van der Waals surface area contributed by atoms with Crippen molar-refractivity contribution in [3.63, 3.8) is 0 Å². The molecule has 0 aromatic heterocycles. The Labute approximate surface area is 109 Å². The van der Waals surface area contributed by atoms with Crippen molar-refractivity contribution in [1.29, 1.82) is 0 Å². The minimum Gasteiger partial charge on any atom is -0.501 e. The van der Waals surface area contributed by atoms with Gasteiger partial charge in [-0.25, -0.2) is 0 Å². The monoisotopic (exact) mass is 240 g/mol. The Morgan fingerprint density at radius 2 is 1.47 bits per heavy atom. The minimum atomic E-state index is 0.302. The zero-order valence-corrected chi connectivity index (χ0v) is 12.3. The van der Waals surface area contributed by atoms with E-state index in [1.165, 1.54) is 57.8 Å². The lowest BCUT2D eigenvalue weighted by molar-refractivity contribution is 0.127. The maximum atomic E-state index is 5.28. The molecule has 0 aliphatic rings. The van der Waals surface area contributed by atoms with E-state index < -0.39 is 0 Å². The summed E-state index contributed by atoms with van der Waals surface area (Å²) in [6.45, 7) is 11.2. The third kappa shape index (κ3) is 11.8. The van der Waals surface area contributed by atoms with Crippen molar-refractivity contribution in [1.82, 2.24) is 0 Å². The molecule has 1 nitrogen and oxygen atoms in total. The lowest BCUT2D eigenvalue weighted by Gasteiger charge is -2.23. The molecule has 0 aliphatic carbocycles. The van der Waals surface area contributed by atoms with Gasteiger partial charge in [-0.1, -0.05) is 78.7 Å². The number of hydrogen-bond acceptors (Lipinski definition) is 1. The molecule has 0 saturated heterocycles. The van der Waals surface area contributed by atoms with E-state index in [4.69, 9.17) is 4.74 Å². The van der Waals surface area contributed by atoms with Crippen molar-refractivity contribution in [2.45, 2.75) is 78.6 Å². The summed E-state index contributed by atoms with van der Waals surface area (Å²) in [6.07, 6.45) is 14.0. The van der Waals surface area contributed by atoms with Gasteiger partial charge in [0.2, 0.25) is 0 Å². The van der Waals surface area contributed by atoms with Crippen LogP contribution in [0.15, 0.2) is 12.8 Å². The second-order valence-electron chi connectivity index (χ2n) is 5.87. The highest BCUT2D eigenvalue weighted by Gasteiger charge is 2.17. The van der Waals surface area contributed by atoms with E-state index in [0.29, 0.717) is 5.41 Å². The maximum absolute atomic E-state index is 5.28. The Hall–Kier alpha value is -0.460. The van der Waals surface area contributed by atoms with Crippen LogP contribution in [-0.4, -0.2) is 6.61 Å². The molecule has 0 fully saturated rings. The van der Waals surface area contributed by atoms with E-state index in [2.05, 4.69) is 27.4 Å². The van der Waals surface area contributed by atoms with Crippen LogP contribution in [0.1, 0.15) is 78.6 Å². The van der Waals surface area contributed by atoms with Crippen LogP contribution in [0, 0.1) is 5.41 Å². The minimum absolute atomic E-state index is 0.302. The summed E-state index contributed by atoms with van der Waals surface area (Å²) in [5.74, 6) is 0. The normalized spacial score (nSPS) is 11.5. The molecule has 0 aliphatic heterocycles. The summed E-state index contributed by atoms with van der Waals surface area (Å²) in [5, 5.41) is 0. The Kier molecular flexibility index (Phi) is 10.4. The third-order valence-electron chi connectivity index (χ3n) is 3.30. The van der Waals surface area contributed by atoms with Crippen LogP contribution in [0.5, 0.6) is 0 Å². The summed E-state index contributed by atoms with van der Waals surface area (Å²) < 4.78 is 5.28. The molecule has 0 rings (SSSR count). The molecule has 17 heavy (non-hydrogen) atoms. The molecule has 0 aromatic rings. The van der Waals surface area contributed by atoms with E-state index in [0.717, 1.165) is 6.61 Å². The fourth-order valence-electron chi connectivity index (χ4n) is 2.09. The molecule has 0 radical (unpaired) electrons. The number of rotatable bonds is 12. The van der Waals surface area contributed by atoms with Crippen molar-refractivity contribution >= 4 is 0 Å². The number of ether oxygens (including phenoxy) is 1. The molecule has 0 spiro atoms. The van der Waals surface area contributed by atoms with E-state index in [1.807, 2.05) is 0 Å². The molecule has 0 bridgehead atoms. The first kappa shape index (κ1) is 16.5. The maximum Gasteiger partial charge on any atom is 0.0923 e. The second kappa shape index (κ2) is 10.7. The first-order valence-electron chi connectivity index (χ1n) is 7.35. The summed E-state index contributed by atoms with van der Waals surface area (Å²) >= 11 is 0. The molecule has 0 unspecified atom stereocenters. The lowest BCUT2D eigenvalue weighted by Crippen LogP contribution is -2.17. The van der Waals surface area contributed by atoms with Crippen molar-refractivity contribution in [2.75, 3.05) is 6.61 Å². The van der Waals surface area contributed by atoms with Gasteiger partial charge in [-0.05, 0) is 11.8 Å². The Morgan fingerprint density at radius 1 is 0.941 bits per heavy atom. The van der Waals surface area contributed by atoms with Crippen LogP contribution >= 0.6 is 0 Å². The van der Waals surface area contributed by atoms with Gasteiger partial charge in [-0.15, -0.1) is 0 Å². The number of unbranched alkanes of at least 4 members (excludes halogenated alkanes) is 7. The third-order valence-corrected chi connectivity index (χ3v) is 3.30. The van der Waals surface area contributed by atoms with Crippen LogP contribution < -0.4 is 0 Å². The van der Waals surface area contributed by atoms with Gasteiger partial charge in [-0.3, -0.25) is 0 Å². The highest BCUT2D eigenvalue weighted by atomic mass is 16.5. The SMILES string of the molecule is C=COCC(C)(C)CCCCCCCCCC. The predicted octanol–water partition coefficient (Wildman–Crippen LogP) is 5.70. The molecule has 0 heterocycles. The van der Waals surface area contributed by atoms with Gasteiger partial charge in [0, 0.05) is 0 Å². The second-order valence-corrected chi connectivity index (χ2v) is 5.87. The fraction of sp³-hybridized carbons (Fsp3) is 0.875. The van der Waals surface area contributed by atoms with Gasteiger partial charge in [0.1, 0.15) is 0 Å². The summed E-state index contributed by atoms with van der Waals surface area (Å²) in [7, 11) is 0. The standard InChI is InChI=1S/C16H32O/c1-5-7-8-9-10-11-12-13-14-16(3,4)15-17-6-2/h6H,2,5,7-15H2,1,3-4H3. The van der Waals surface area contributed by atoms with E-state index in [-0.39, 0.29) is 0 Å². The average Bonchev–Trinajstić information content (AvgIpc) is 2.30. The summed E-state index contributed by atoms with van der Waals surface area (Å²) in [6, 6.07) is 0. The highest BCUT2D eigenvalue weighted by molar-refractivity contribution is 4.69. The van der Waals surface area contributed by atoms with Crippen molar-refractivity contribution in [2.24, 2.45) is 5.41 Å². The van der Waals surface area contributed by atoms with Gasteiger partial charge >= 0.3 is 0 Å². The van der Waals surface area contributed by atoms with E-state index in [9.17, 15) is 0 Å². The summed E-state index contributed by atoms with van der Waals surface area (Å²) in [5.41, 5.74) is 0.302. The van der Waals surface area contributed by atoms with Crippen LogP contribution in [0.3, 0.4) is 0 Å². The van der Waals surface area contributed by atoms with Gasteiger partial charge in [0.25, 0.3) is 0 Å². The number of hydrogen-bond donors (Lipinski definition) is 0. The predicted molar refractivity (Wildman–Crippen MR) is 77.2 cm³/mol. The van der Waals surface area contributed by atoms with Gasteiger partial charge in [-0.2, -0.15) is 0 Å². The molecule has 0 aromatic carbocycles. The molecule has 0 saturated carbocycles. The zero-order valence-electron chi connectivity index (χ0n) is 12.3. The van der Waals surface area contributed by atoms with Crippen LogP contribution in [0.25, 0.3) is 0 Å². The van der Waals surface area contributed by atoms with Gasteiger partial charge in [0.05, 0.1) is 12.9 Å². The largest absolute Gasteiger partial charge is 0.501 e. The lowest BCUT2D eigenvalue weighted by atomic mass is 9.87. The van der Waals surface area contributed by atoms with Crippen LogP contribution in [0.4, 0.5) is 0 Å². The Bertz CT molecular complexity index is 172. The molecule has 0 amide bonds. The molecule has 102 valence electrons. The first-order chi connectivity index (χ1) is 8.12. The zero-order chi connectivity index (χ0) is 13.0. The van der Waals surface area contributed by atoms with E-state index >= 15 is 0 Å². The molecule has 1 heteroatoms. The quantitative estimate of drug-likeness (QED) is 0.314. The molecule has 0 atom stereocenters. The van der Waals surface area contributed by atoms with Crippen molar-refractivity contribution in [3.05, 3.63) is 12.8 Å². The first-order valence-corrected chi connectivity index (χ1v) is 7.35. The summed E-state index contributed by atoms with van der Waals surface area (Å²) in [4.78, 5) is 0. The topological polar surface area (TPSA) is 9.23 Å². The Morgan fingerprint density at radius 3 is 2.00 bits per heavy atom. The molecule has 0 N–H and O–H groups in total. The van der Waals surface area contributed by atoms with Crippen LogP contribution in [-0.2, 0) is 4.74 Å². The smallest absolute Gasteiger partial charge is 0.0923 e. The van der Waals surface area contributed by atoms with E-state index in [1.54, 1.807) is 6.26 Å². The fourth-order valence-corrected chi connectivity index (χ4v) is 2.09. The average molecular weight is 240 g/mol. The molecular weight excluding hydrogens is 208 g/mol. The van der Waals surface area contributed by atoms with Gasteiger partial charge in [0.15, 0.2) is 0 Å². The van der Waals surface area contributed by atoms with Crippen LogP contribution in [0.2, 0.25) is 0 Å².